The van der Waals surface area contributed by atoms with Gasteiger partial charge in [0.1, 0.15) is 0 Å². The van der Waals surface area contributed by atoms with Crippen LogP contribution in [-0.4, -0.2) is 4.92 Å². The second-order valence-corrected chi connectivity index (χ2v) is 5.39. The molecule has 0 bridgehead atoms. The number of nitrogens with zero attached hydrogens (tertiary/aromatic N) is 1. The molecule has 2 rings (SSSR count). The van der Waals surface area contributed by atoms with Gasteiger partial charge in [-0.15, -0.1) is 0 Å². The molecule has 2 aromatic carbocycles. The third-order valence-electron chi connectivity index (χ3n) is 3.63. The molecular weight excluding hydrogens is 264 g/mol. The highest BCUT2D eigenvalue weighted by atomic mass is 16.6. The highest BCUT2D eigenvalue weighted by molar-refractivity contribution is 5.35. The van der Waals surface area contributed by atoms with E-state index in [1.54, 1.807) is 12.1 Å². The quantitative estimate of drug-likeness (QED) is 0.665. The zero-order valence-corrected chi connectivity index (χ0v) is 12.6. The van der Waals surface area contributed by atoms with Gasteiger partial charge in [-0.1, -0.05) is 35.9 Å². The summed E-state index contributed by atoms with van der Waals surface area (Å²) in [5.74, 6) is 0. The lowest BCUT2D eigenvalue weighted by atomic mass is 10.00. The number of hydrogen-bond acceptors (Lipinski definition) is 3. The van der Waals surface area contributed by atoms with Gasteiger partial charge in [-0.05, 0) is 37.5 Å². The summed E-state index contributed by atoms with van der Waals surface area (Å²) in [5, 5.41) is 14.2. The van der Waals surface area contributed by atoms with Gasteiger partial charge in [-0.2, -0.15) is 0 Å². The lowest BCUT2D eigenvalue weighted by Gasteiger charge is -2.17. The molecule has 2 aromatic rings. The zero-order valence-electron chi connectivity index (χ0n) is 12.6. The Morgan fingerprint density at radius 3 is 2.62 bits per heavy atom. The Bertz CT molecular complexity index is 653. The molecule has 0 amide bonds. The Morgan fingerprint density at radius 1 is 1.19 bits per heavy atom. The third-order valence-corrected chi connectivity index (χ3v) is 3.63. The first-order chi connectivity index (χ1) is 9.97. The fourth-order valence-corrected chi connectivity index (χ4v) is 2.47. The summed E-state index contributed by atoms with van der Waals surface area (Å²) in [5.41, 5.74) is 4.82. The fourth-order valence-electron chi connectivity index (χ4n) is 2.47. The smallest absolute Gasteiger partial charge is 0.269 e. The van der Waals surface area contributed by atoms with Crippen LogP contribution in [0.2, 0.25) is 0 Å². The van der Waals surface area contributed by atoms with Crippen molar-refractivity contribution >= 4 is 5.69 Å². The lowest BCUT2D eigenvalue weighted by molar-refractivity contribution is -0.384. The number of non-ortho nitro benzene ring substituents is 1. The minimum absolute atomic E-state index is 0.133. The standard InChI is InChI=1S/C17H20N2O2/c1-12-7-8-17(13(2)9-12)14(3)18-11-15-5-4-6-16(10-15)19(20)21/h4-10,14,18H,11H2,1-3H3. The van der Waals surface area contributed by atoms with Crippen molar-refractivity contribution in [2.24, 2.45) is 0 Å². The Hall–Kier alpha value is -2.20. The van der Waals surface area contributed by atoms with Gasteiger partial charge in [0, 0.05) is 24.7 Å². The zero-order chi connectivity index (χ0) is 15.4. The number of nitro groups is 1. The van der Waals surface area contributed by atoms with Gasteiger partial charge in [0.2, 0.25) is 0 Å². The molecule has 1 atom stereocenters. The highest BCUT2D eigenvalue weighted by Gasteiger charge is 2.09. The van der Waals surface area contributed by atoms with E-state index in [9.17, 15) is 10.1 Å². The Kier molecular flexibility index (Phi) is 4.70. The number of hydrogen-bond donors (Lipinski definition) is 1. The highest BCUT2D eigenvalue weighted by Crippen LogP contribution is 2.19. The normalized spacial score (nSPS) is 12.1. The van der Waals surface area contributed by atoms with Gasteiger partial charge < -0.3 is 5.32 Å². The SMILES string of the molecule is Cc1ccc(C(C)NCc2cccc([N+](=O)[O-])c2)c(C)c1. The van der Waals surface area contributed by atoms with Crippen LogP contribution in [0.5, 0.6) is 0 Å². The predicted octanol–water partition coefficient (Wildman–Crippen LogP) is 4.06. The van der Waals surface area contributed by atoms with E-state index in [4.69, 9.17) is 0 Å². The van der Waals surface area contributed by atoms with Crippen molar-refractivity contribution in [2.75, 3.05) is 0 Å². The Balaban J connectivity index is 2.05. The van der Waals surface area contributed by atoms with E-state index in [-0.39, 0.29) is 16.7 Å². The molecule has 0 aliphatic rings. The van der Waals surface area contributed by atoms with E-state index in [1.807, 2.05) is 6.07 Å². The summed E-state index contributed by atoms with van der Waals surface area (Å²) in [7, 11) is 0. The second-order valence-electron chi connectivity index (χ2n) is 5.39. The van der Waals surface area contributed by atoms with Crippen LogP contribution < -0.4 is 5.32 Å². The number of rotatable bonds is 5. The molecular formula is C17H20N2O2. The summed E-state index contributed by atoms with van der Waals surface area (Å²) >= 11 is 0. The minimum atomic E-state index is -0.364. The predicted molar refractivity (Wildman–Crippen MR) is 84.3 cm³/mol. The van der Waals surface area contributed by atoms with Crippen LogP contribution in [-0.2, 0) is 6.54 Å². The molecule has 0 aromatic heterocycles. The first-order valence-electron chi connectivity index (χ1n) is 7.01. The summed E-state index contributed by atoms with van der Waals surface area (Å²) in [4.78, 5) is 10.4. The average molecular weight is 284 g/mol. The van der Waals surface area contributed by atoms with Crippen molar-refractivity contribution < 1.29 is 4.92 Å². The molecule has 0 heterocycles. The van der Waals surface area contributed by atoms with Crippen molar-refractivity contribution in [1.29, 1.82) is 0 Å². The van der Waals surface area contributed by atoms with Crippen molar-refractivity contribution in [1.82, 2.24) is 5.32 Å². The van der Waals surface area contributed by atoms with Crippen molar-refractivity contribution in [2.45, 2.75) is 33.4 Å². The molecule has 110 valence electrons. The first-order valence-corrected chi connectivity index (χ1v) is 7.01. The Morgan fingerprint density at radius 2 is 1.95 bits per heavy atom. The van der Waals surface area contributed by atoms with E-state index >= 15 is 0 Å². The van der Waals surface area contributed by atoms with E-state index in [1.165, 1.54) is 22.8 Å². The molecule has 0 fully saturated rings. The summed E-state index contributed by atoms with van der Waals surface area (Å²) < 4.78 is 0. The monoisotopic (exact) mass is 284 g/mol. The average Bonchev–Trinajstić information content (AvgIpc) is 2.45. The number of benzene rings is 2. The topological polar surface area (TPSA) is 55.2 Å². The van der Waals surface area contributed by atoms with Crippen LogP contribution in [0, 0.1) is 24.0 Å². The van der Waals surface area contributed by atoms with Gasteiger partial charge in [0.15, 0.2) is 0 Å². The van der Waals surface area contributed by atoms with Gasteiger partial charge >= 0.3 is 0 Å². The van der Waals surface area contributed by atoms with Gasteiger partial charge in [-0.25, -0.2) is 0 Å². The van der Waals surface area contributed by atoms with Crippen LogP contribution in [0.3, 0.4) is 0 Å². The van der Waals surface area contributed by atoms with Crippen LogP contribution >= 0.6 is 0 Å². The van der Waals surface area contributed by atoms with E-state index < -0.39 is 0 Å². The van der Waals surface area contributed by atoms with Gasteiger partial charge in [0.05, 0.1) is 4.92 Å². The van der Waals surface area contributed by atoms with E-state index in [2.05, 4.69) is 44.3 Å². The molecule has 0 aliphatic heterocycles. The van der Waals surface area contributed by atoms with Crippen molar-refractivity contribution in [3.63, 3.8) is 0 Å². The largest absolute Gasteiger partial charge is 0.306 e. The molecule has 0 spiro atoms. The molecule has 0 saturated carbocycles. The number of nitrogens with one attached hydrogen (secondary N) is 1. The summed E-state index contributed by atoms with van der Waals surface area (Å²) in [6.45, 7) is 6.90. The second kappa shape index (κ2) is 6.50. The van der Waals surface area contributed by atoms with Crippen LogP contribution in [0.4, 0.5) is 5.69 Å². The first kappa shape index (κ1) is 15.2. The minimum Gasteiger partial charge on any atom is -0.306 e. The van der Waals surface area contributed by atoms with Gasteiger partial charge in [0.25, 0.3) is 5.69 Å². The maximum atomic E-state index is 10.8. The molecule has 0 radical (unpaired) electrons. The lowest BCUT2D eigenvalue weighted by Crippen LogP contribution is -2.19. The van der Waals surface area contributed by atoms with Crippen LogP contribution in [0.25, 0.3) is 0 Å². The number of nitro benzene ring substituents is 1. The number of aryl methyl sites for hydroxylation is 2. The van der Waals surface area contributed by atoms with Gasteiger partial charge in [-0.3, -0.25) is 10.1 Å². The fraction of sp³-hybridized carbons (Fsp3) is 0.294. The third kappa shape index (κ3) is 3.89. The van der Waals surface area contributed by atoms with Crippen LogP contribution in [0.15, 0.2) is 42.5 Å². The van der Waals surface area contributed by atoms with Crippen molar-refractivity contribution in [3.05, 3.63) is 74.8 Å². The van der Waals surface area contributed by atoms with Crippen LogP contribution in [0.1, 0.15) is 35.2 Å². The summed E-state index contributed by atoms with van der Waals surface area (Å²) in [6, 6.07) is 13.3. The van der Waals surface area contributed by atoms with E-state index in [0.29, 0.717) is 6.54 Å². The Labute approximate surface area is 125 Å². The molecule has 0 aliphatic carbocycles. The molecule has 1 unspecified atom stereocenters. The molecule has 21 heavy (non-hydrogen) atoms. The maximum Gasteiger partial charge on any atom is 0.269 e. The summed E-state index contributed by atoms with van der Waals surface area (Å²) in [6.07, 6.45) is 0. The van der Waals surface area contributed by atoms with Crippen molar-refractivity contribution in [3.8, 4) is 0 Å². The molecule has 4 heteroatoms. The van der Waals surface area contributed by atoms with E-state index in [0.717, 1.165) is 5.56 Å². The molecule has 0 saturated heterocycles. The maximum absolute atomic E-state index is 10.8. The molecule has 4 nitrogen and oxygen atoms in total. The molecule has 1 N–H and O–H groups in total.